The van der Waals surface area contributed by atoms with Crippen molar-refractivity contribution < 1.29 is 9.21 Å². The van der Waals surface area contributed by atoms with Gasteiger partial charge in [0, 0.05) is 24.4 Å². The van der Waals surface area contributed by atoms with Crippen LogP contribution in [-0.2, 0) is 0 Å². The zero-order chi connectivity index (χ0) is 17.1. The van der Waals surface area contributed by atoms with Gasteiger partial charge in [0.05, 0.1) is 17.2 Å². The van der Waals surface area contributed by atoms with E-state index < -0.39 is 0 Å². The van der Waals surface area contributed by atoms with Gasteiger partial charge in [-0.25, -0.2) is 4.68 Å². The zero-order valence-electron chi connectivity index (χ0n) is 13.5. The molecule has 7 nitrogen and oxygen atoms in total. The second-order valence-electron chi connectivity index (χ2n) is 5.76. The monoisotopic (exact) mass is 355 g/mol. The Bertz CT molecular complexity index is 835. The number of tetrazole rings is 1. The van der Waals surface area contributed by atoms with Crippen LogP contribution in [0.4, 0.5) is 0 Å². The summed E-state index contributed by atoms with van der Waals surface area (Å²) in [6.07, 6.45) is 4.10. The van der Waals surface area contributed by atoms with Crippen LogP contribution >= 0.6 is 11.8 Å². The highest BCUT2D eigenvalue weighted by Crippen LogP contribution is 2.34. The first kappa shape index (κ1) is 15.9. The van der Waals surface area contributed by atoms with Crippen molar-refractivity contribution >= 4 is 17.7 Å². The van der Waals surface area contributed by atoms with Gasteiger partial charge in [0.2, 0.25) is 0 Å². The molecule has 1 aliphatic heterocycles. The van der Waals surface area contributed by atoms with Crippen LogP contribution in [0, 0.1) is 0 Å². The minimum Gasteiger partial charge on any atom is -0.468 e. The van der Waals surface area contributed by atoms with Crippen LogP contribution in [0.3, 0.4) is 0 Å². The van der Waals surface area contributed by atoms with Gasteiger partial charge < -0.3 is 9.32 Å². The number of thioether (sulfide) groups is 1. The van der Waals surface area contributed by atoms with Gasteiger partial charge in [-0.1, -0.05) is 6.07 Å². The number of benzene rings is 1. The molecular weight excluding hydrogens is 338 g/mol. The van der Waals surface area contributed by atoms with Gasteiger partial charge in [-0.05, 0) is 47.2 Å². The van der Waals surface area contributed by atoms with Crippen LogP contribution in [0.2, 0.25) is 0 Å². The summed E-state index contributed by atoms with van der Waals surface area (Å²) in [5.41, 5.74) is 1.42. The largest absolute Gasteiger partial charge is 0.468 e. The molecule has 128 valence electrons. The molecule has 2 aromatic heterocycles. The molecule has 0 aliphatic carbocycles. The zero-order valence-corrected chi connectivity index (χ0v) is 14.3. The highest BCUT2D eigenvalue weighted by Gasteiger charge is 2.24. The van der Waals surface area contributed by atoms with Crippen molar-refractivity contribution in [1.82, 2.24) is 25.1 Å². The van der Waals surface area contributed by atoms with Crippen molar-refractivity contribution in [3.63, 3.8) is 0 Å². The molecule has 25 heavy (non-hydrogen) atoms. The Morgan fingerprint density at radius 2 is 2.20 bits per heavy atom. The summed E-state index contributed by atoms with van der Waals surface area (Å²) < 4.78 is 7.06. The molecule has 0 radical (unpaired) electrons. The predicted octanol–water partition coefficient (Wildman–Crippen LogP) is 2.58. The van der Waals surface area contributed by atoms with Crippen LogP contribution in [0.15, 0.2) is 53.4 Å². The van der Waals surface area contributed by atoms with Crippen LogP contribution < -0.4 is 0 Å². The molecule has 1 saturated heterocycles. The van der Waals surface area contributed by atoms with Crippen molar-refractivity contribution in [3.8, 4) is 5.69 Å². The van der Waals surface area contributed by atoms with Gasteiger partial charge in [0.1, 0.15) is 12.1 Å². The molecule has 0 spiro atoms. The number of furan rings is 1. The third-order valence-corrected chi connectivity index (χ3v) is 5.48. The van der Waals surface area contributed by atoms with Gasteiger partial charge in [0.15, 0.2) is 0 Å². The van der Waals surface area contributed by atoms with Crippen molar-refractivity contribution in [2.75, 3.05) is 18.8 Å². The van der Waals surface area contributed by atoms with E-state index in [-0.39, 0.29) is 5.91 Å². The van der Waals surface area contributed by atoms with E-state index in [9.17, 15) is 4.79 Å². The van der Waals surface area contributed by atoms with Crippen LogP contribution in [0.5, 0.6) is 0 Å². The summed E-state index contributed by atoms with van der Waals surface area (Å²) in [6.45, 7) is 1.45. The van der Waals surface area contributed by atoms with E-state index in [4.69, 9.17) is 4.42 Å². The number of hydrogen-bond acceptors (Lipinski definition) is 6. The summed E-state index contributed by atoms with van der Waals surface area (Å²) in [5, 5.41) is 11.4. The average molecular weight is 355 g/mol. The number of hydrogen-bond donors (Lipinski definition) is 0. The molecule has 3 heterocycles. The fourth-order valence-corrected chi connectivity index (χ4v) is 4.10. The quantitative estimate of drug-likeness (QED) is 0.719. The van der Waals surface area contributed by atoms with E-state index >= 15 is 0 Å². The van der Waals surface area contributed by atoms with Gasteiger partial charge in [-0.2, -0.15) is 0 Å². The Kier molecular flexibility index (Phi) is 4.51. The van der Waals surface area contributed by atoms with Crippen molar-refractivity contribution in [3.05, 3.63) is 60.3 Å². The number of aromatic nitrogens is 4. The van der Waals surface area contributed by atoms with Crippen molar-refractivity contribution in [2.45, 2.75) is 11.7 Å². The highest BCUT2D eigenvalue weighted by molar-refractivity contribution is 7.99. The van der Waals surface area contributed by atoms with E-state index in [2.05, 4.69) is 15.5 Å². The third kappa shape index (κ3) is 3.43. The topological polar surface area (TPSA) is 77.1 Å². The number of carbonyl (C=O) groups is 1. The summed E-state index contributed by atoms with van der Waals surface area (Å²) in [7, 11) is 0. The van der Waals surface area contributed by atoms with Crippen molar-refractivity contribution in [2.24, 2.45) is 0 Å². The molecule has 3 aromatic rings. The van der Waals surface area contributed by atoms with Crippen LogP contribution in [0.25, 0.3) is 5.69 Å². The van der Waals surface area contributed by atoms with Gasteiger partial charge >= 0.3 is 0 Å². The number of nitrogens with zero attached hydrogens (tertiary/aromatic N) is 5. The first-order valence-corrected chi connectivity index (χ1v) is 9.14. The Morgan fingerprint density at radius 3 is 3.00 bits per heavy atom. The van der Waals surface area contributed by atoms with Gasteiger partial charge in [-0.15, -0.1) is 16.9 Å². The highest BCUT2D eigenvalue weighted by atomic mass is 32.2. The first-order chi connectivity index (χ1) is 12.3. The number of rotatable bonds is 3. The lowest BCUT2D eigenvalue weighted by molar-refractivity contribution is 0.0766. The lowest BCUT2D eigenvalue weighted by Crippen LogP contribution is -2.33. The predicted molar refractivity (Wildman–Crippen MR) is 93.6 cm³/mol. The first-order valence-electron chi connectivity index (χ1n) is 8.09. The summed E-state index contributed by atoms with van der Waals surface area (Å²) in [5.74, 6) is 1.92. The Morgan fingerprint density at radius 1 is 1.24 bits per heavy atom. The van der Waals surface area contributed by atoms with E-state index in [1.807, 2.05) is 53.1 Å². The lowest BCUT2D eigenvalue weighted by Gasteiger charge is -2.20. The van der Waals surface area contributed by atoms with Gasteiger partial charge in [0.25, 0.3) is 5.91 Å². The SMILES string of the molecule is O=C(c1cccc(-n2cnnn2)c1)N1CCSC(c2ccco2)CC1. The molecule has 1 aromatic carbocycles. The molecule has 1 atom stereocenters. The fourth-order valence-electron chi connectivity index (χ4n) is 2.92. The van der Waals surface area contributed by atoms with Crippen molar-refractivity contribution in [1.29, 1.82) is 0 Å². The number of carbonyl (C=O) groups excluding carboxylic acids is 1. The number of amides is 1. The molecule has 0 bridgehead atoms. The second kappa shape index (κ2) is 7.10. The third-order valence-electron chi connectivity index (χ3n) is 4.20. The minimum absolute atomic E-state index is 0.0376. The Labute approximate surface area is 149 Å². The smallest absolute Gasteiger partial charge is 0.253 e. The molecular formula is C17H17N5O2S. The standard InChI is InChI=1S/C17H17N5O2S/c23-17(13-3-1-4-14(11-13)22-12-18-19-20-22)21-7-6-16(25-10-8-21)15-5-2-9-24-15/h1-5,9,11-12,16H,6-8,10H2. The lowest BCUT2D eigenvalue weighted by atomic mass is 10.1. The second-order valence-corrected chi connectivity index (χ2v) is 7.07. The summed E-state index contributed by atoms with van der Waals surface area (Å²) in [6, 6.07) is 11.3. The van der Waals surface area contributed by atoms with Gasteiger partial charge in [-0.3, -0.25) is 4.79 Å². The van der Waals surface area contributed by atoms with E-state index in [0.29, 0.717) is 17.4 Å². The van der Waals surface area contributed by atoms with Crippen LogP contribution in [-0.4, -0.2) is 49.9 Å². The molecule has 1 amide bonds. The maximum Gasteiger partial charge on any atom is 0.253 e. The normalized spacial score (nSPS) is 18.1. The molecule has 1 aliphatic rings. The maximum atomic E-state index is 12.9. The summed E-state index contributed by atoms with van der Waals surface area (Å²) >= 11 is 1.84. The molecule has 1 fully saturated rings. The summed E-state index contributed by atoms with van der Waals surface area (Å²) in [4.78, 5) is 14.8. The molecule has 1 unspecified atom stereocenters. The van der Waals surface area contributed by atoms with E-state index in [1.54, 1.807) is 10.9 Å². The maximum absolute atomic E-state index is 12.9. The Hall–Kier alpha value is -2.61. The van der Waals surface area contributed by atoms with E-state index in [0.717, 1.165) is 30.2 Å². The Balaban J connectivity index is 1.48. The molecule has 0 saturated carbocycles. The minimum atomic E-state index is 0.0376. The van der Waals surface area contributed by atoms with E-state index in [1.165, 1.54) is 6.33 Å². The fraction of sp³-hybridized carbons (Fsp3) is 0.294. The molecule has 0 N–H and O–H groups in total. The molecule has 8 heteroatoms. The average Bonchev–Trinajstić information content (AvgIpc) is 3.32. The van der Waals surface area contributed by atoms with Crippen LogP contribution in [0.1, 0.15) is 27.8 Å². The molecule has 4 rings (SSSR count).